The van der Waals surface area contributed by atoms with Crippen LogP contribution in [0, 0.1) is 0 Å². The highest BCUT2D eigenvalue weighted by Gasteiger charge is 2.23. The number of nitrogens with one attached hydrogen (secondary N) is 2. The number of fused-ring (bicyclic) bond motifs is 1. The summed E-state index contributed by atoms with van der Waals surface area (Å²) >= 11 is 5.99. The molecular weight excluding hydrogens is 400 g/mol. The molecule has 150 valence electrons. The van der Waals surface area contributed by atoms with Crippen LogP contribution in [0.5, 0.6) is 5.75 Å². The van der Waals surface area contributed by atoms with Crippen LogP contribution in [0.1, 0.15) is 21.5 Å². The van der Waals surface area contributed by atoms with Gasteiger partial charge in [0.2, 0.25) is 0 Å². The Kier molecular flexibility index (Phi) is 5.82. The van der Waals surface area contributed by atoms with Crippen LogP contribution in [-0.2, 0) is 11.2 Å². The first-order valence-electron chi connectivity index (χ1n) is 9.51. The number of hydrogen-bond donors (Lipinski definition) is 2. The summed E-state index contributed by atoms with van der Waals surface area (Å²) in [7, 11) is 0. The van der Waals surface area contributed by atoms with E-state index in [0.717, 1.165) is 17.5 Å². The van der Waals surface area contributed by atoms with Gasteiger partial charge in [-0.3, -0.25) is 9.59 Å². The van der Waals surface area contributed by atoms with Crippen LogP contribution in [0.4, 0.5) is 5.69 Å². The van der Waals surface area contributed by atoms with Gasteiger partial charge in [-0.05, 0) is 54.0 Å². The lowest BCUT2D eigenvalue weighted by atomic mass is 10.1. The lowest BCUT2D eigenvalue weighted by molar-refractivity contribution is -0.115. The van der Waals surface area contributed by atoms with Crippen LogP contribution < -0.4 is 15.4 Å². The molecule has 0 aromatic heterocycles. The van der Waals surface area contributed by atoms with Gasteiger partial charge < -0.3 is 15.4 Å². The van der Waals surface area contributed by atoms with E-state index >= 15 is 0 Å². The highest BCUT2D eigenvalue weighted by molar-refractivity contribution is 6.30. The van der Waals surface area contributed by atoms with E-state index < -0.39 is 0 Å². The Morgan fingerprint density at radius 1 is 1.03 bits per heavy atom. The summed E-state index contributed by atoms with van der Waals surface area (Å²) in [5.74, 6) is 0.0425. The third-order valence-electron chi connectivity index (χ3n) is 4.62. The minimum Gasteiger partial charge on any atom is -0.449 e. The number of ether oxygens (including phenoxy) is 1. The Bertz CT molecular complexity index is 1130. The minimum atomic E-state index is -0.385. The van der Waals surface area contributed by atoms with Gasteiger partial charge in [0.1, 0.15) is 0 Å². The summed E-state index contributed by atoms with van der Waals surface area (Å²) < 4.78 is 5.74. The molecule has 5 nitrogen and oxygen atoms in total. The number of benzene rings is 3. The van der Waals surface area contributed by atoms with Crippen LogP contribution in [-0.4, -0.2) is 18.4 Å². The van der Waals surface area contributed by atoms with Crippen molar-refractivity contribution in [3.63, 3.8) is 0 Å². The lowest BCUT2D eigenvalue weighted by Gasteiger charge is -2.20. The first kappa shape index (κ1) is 19.7. The molecule has 1 aliphatic rings. The molecule has 2 amide bonds. The maximum Gasteiger partial charge on any atom is 0.291 e. The largest absolute Gasteiger partial charge is 0.449 e. The predicted octanol–water partition coefficient (Wildman–Crippen LogP) is 4.68. The number of carbonyl (C=O) groups excluding carboxylic acids is 2. The fourth-order valence-corrected chi connectivity index (χ4v) is 3.32. The number of rotatable bonds is 5. The molecule has 6 heteroatoms. The zero-order chi connectivity index (χ0) is 20.9. The van der Waals surface area contributed by atoms with Crippen molar-refractivity contribution in [2.45, 2.75) is 6.42 Å². The predicted molar refractivity (Wildman–Crippen MR) is 118 cm³/mol. The van der Waals surface area contributed by atoms with Gasteiger partial charge in [-0.15, -0.1) is 0 Å². The monoisotopic (exact) mass is 418 g/mol. The summed E-state index contributed by atoms with van der Waals surface area (Å²) in [6, 6.07) is 22.0. The second-order valence-corrected chi connectivity index (χ2v) is 7.26. The van der Waals surface area contributed by atoms with E-state index in [2.05, 4.69) is 10.6 Å². The molecule has 0 atom stereocenters. The van der Waals surface area contributed by atoms with Crippen LogP contribution in [0.15, 0.2) is 78.6 Å². The highest BCUT2D eigenvalue weighted by atomic mass is 35.5. The Morgan fingerprint density at radius 2 is 1.87 bits per heavy atom. The molecule has 3 aromatic rings. The normalized spacial score (nSPS) is 13.9. The zero-order valence-electron chi connectivity index (χ0n) is 16.0. The fourth-order valence-electron chi connectivity index (χ4n) is 3.12. The maximum absolute atomic E-state index is 12.5. The van der Waals surface area contributed by atoms with Crippen molar-refractivity contribution < 1.29 is 14.3 Å². The van der Waals surface area contributed by atoms with Gasteiger partial charge in [0.25, 0.3) is 11.8 Å². The second kappa shape index (κ2) is 8.84. The van der Waals surface area contributed by atoms with E-state index in [4.69, 9.17) is 16.3 Å². The van der Waals surface area contributed by atoms with Gasteiger partial charge in [0.15, 0.2) is 11.5 Å². The second-order valence-electron chi connectivity index (χ2n) is 6.82. The summed E-state index contributed by atoms with van der Waals surface area (Å²) in [5.41, 5.74) is 2.82. The van der Waals surface area contributed by atoms with Crippen LogP contribution in [0.3, 0.4) is 0 Å². The molecule has 0 unspecified atom stereocenters. The number of hydrogen-bond acceptors (Lipinski definition) is 3. The zero-order valence-corrected chi connectivity index (χ0v) is 16.8. The average Bonchev–Trinajstić information content (AvgIpc) is 2.75. The van der Waals surface area contributed by atoms with E-state index in [1.54, 1.807) is 42.5 Å². The topological polar surface area (TPSA) is 67.4 Å². The van der Waals surface area contributed by atoms with Gasteiger partial charge in [0, 0.05) is 17.1 Å². The molecule has 0 bridgehead atoms. The first-order valence-corrected chi connectivity index (χ1v) is 9.89. The van der Waals surface area contributed by atoms with E-state index in [-0.39, 0.29) is 17.6 Å². The maximum atomic E-state index is 12.5. The molecule has 30 heavy (non-hydrogen) atoms. The van der Waals surface area contributed by atoms with Crippen molar-refractivity contribution in [2.75, 3.05) is 11.9 Å². The van der Waals surface area contributed by atoms with Crippen LogP contribution >= 0.6 is 11.6 Å². The molecule has 0 saturated carbocycles. The van der Waals surface area contributed by atoms with Crippen molar-refractivity contribution >= 4 is 35.2 Å². The van der Waals surface area contributed by atoms with Crippen molar-refractivity contribution in [2.24, 2.45) is 0 Å². The fraction of sp³-hybridized carbons (Fsp3) is 0.0833. The quantitative estimate of drug-likeness (QED) is 0.591. The standard InChI is InChI=1S/C24H19ClN2O3/c25-19-8-4-7-17(13-19)14-22-24(29)27-20-15-18(9-10-21(20)30-22)23(28)26-12-11-16-5-2-1-3-6-16/h1-10,13-15H,11-12H2,(H,26,28)(H,27,29)/b22-14-. The third-order valence-corrected chi connectivity index (χ3v) is 4.86. The Hall–Kier alpha value is -3.57. The van der Waals surface area contributed by atoms with Crippen molar-refractivity contribution in [1.29, 1.82) is 0 Å². The minimum absolute atomic E-state index is 0.157. The van der Waals surface area contributed by atoms with E-state index in [1.165, 1.54) is 0 Å². The van der Waals surface area contributed by atoms with Crippen molar-refractivity contribution in [3.8, 4) is 5.75 Å². The SMILES string of the molecule is O=C1Nc2cc(C(=O)NCCc3ccccc3)ccc2O/C1=C\c1cccc(Cl)c1. The Morgan fingerprint density at radius 3 is 2.67 bits per heavy atom. The molecule has 0 fully saturated rings. The average molecular weight is 419 g/mol. The van der Waals surface area contributed by atoms with Crippen molar-refractivity contribution in [1.82, 2.24) is 5.32 Å². The summed E-state index contributed by atoms with van der Waals surface area (Å²) in [6.07, 6.45) is 2.36. The van der Waals surface area contributed by atoms with E-state index in [0.29, 0.717) is 28.6 Å². The van der Waals surface area contributed by atoms with Gasteiger partial charge in [-0.1, -0.05) is 54.1 Å². The third kappa shape index (κ3) is 4.70. The smallest absolute Gasteiger partial charge is 0.291 e. The number of amides is 2. The van der Waals surface area contributed by atoms with Crippen molar-refractivity contribution in [3.05, 3.63) is 100 Å². The summed E-state index contributed by atoms with van der Waals surface area (Å²) in [5, 5.41) is 6.25. The van der Waals surface area contributed by atoms with Crippen LogP contribution in [0.2, 0.25) is 5.02 Å². The number of carbonyl (C=O) groups is 2. The van der Waals surface area contributed by atoms with E-state index in [1.807, 2.05) is 36.4 Å². The molecule has 0 radical (unpaired) electrons. The number of halogens is 1. The molecule has 2 N–H and O–H groups in total. The molecule has 3 aromatic carbocycles. The molecule has 4 rings (SSSR count). The number of anilines is 1. The van der Waals surface area contributed by atoms with Gasteiger partial charge in [-0.25, -0.2) is 0 Å². The lowest BCUT2D eigenvalue weighted by Crippen LogP contribution is -2.27. The molecule has 1 aliphatic heterocycles. The molecular formula is C24H19ClN2O3. The summed E-state index contributed by atoms with van der Waals surface area (Å²) in [6.45, 7) is 0.523. The van der Waals surface area contributed by atoms with Gasteiger partial charge in [0.05, 0.1) is 5.69 Å². The van der Waals surface area contributed by atoms with Gasteiger partial charge >= 0.3 is 0 Å². The molecule has 0 spiro atoms. The van der Waals surface area contributed by atoms with Gasteiger partial charge in [-0.2, -0.15) is 0 Å². The van der Waals surface area contributed by atoms with Crippen LogP contribution in [0.25, 0.3) is 6.08 Å². The molecule has 0 aliphatic carbocycles. The Labute approximate surface area is 179 Å². The first-order chi connectivity index (χ1) is 14.6. The summed E-state index contributed by atoms with van der Waals surface area (Å²) in [4.78, 5) is 24.9. The Balaban J connectivity index is 1.43. The molecule has 0 saturated heterocycles. The van der Waals surface area contributed by atoms with E-state index in [9.17, 15) is 9.59 Å². The molecule has 1 heterocycles. The highest BCUT2D eigenvalue weighted by Crippen LogP contribution is 2.32.